The van der Waals surface area contributed by atoms with E-state index < -0.39 is 0 Å². The average Bonchev–Trinajstić information content (AvgIpc) is 2.10. The second kappa shape index (κ2) is 4.18. The molecule has 0 aliphatic heterocycles. The topological polar surface area (TPSA) is 47.6 Å². The Kier molecular flexibility index (Phi) is 3.19. The zero-order valence-electron chi connectivity index (χ0n) is 7.61. The Morgan fingerprint density at radius 2 is 2.23 bits per heavy atom. The molecule has 0 heterocycles. The first-order chi connectivity index (χ1) is 6.16. The Bertz CT molecular complexity index is 336. The van der Waals surface area contributed by atoms with Gasteiger partial charge in [0.05, 0.1) is 5.71 Å². The van der Waals surface area contributed by atoms with Crippen LogP contribution in [0.15, 0.2) is 28.3 Å². The van der Waals surface area contributed by atoms with Crippen molar-refractivity contribution in [3.8, 4) is 0 Å². The molecule has 4 heteroatoms. The number of nitrogens with zero attached hydrogens (tertiary/aromatic N) is 1. The lowest BCUT2D eigenvalue weighted by atomic mass is 10.1. The summed E-state index contributed by atoms with van der Waals surface area (Å²) in [4.78, 5) is 5.40. The summed E-state index contributed by atoms with van der Waals surface area (Å²) in [6.07, 6.45) is 0. The van der Waals surface area contributed by atoms with E-state index in [-0.39, 0.29) is 0 Å². The summed E-state index contributed by atoms with van der Waals surface area (Å²) in [6.45, 7) is 1.85. The van der Waals surface area contributed by atoms with Crippen LogP contribution in [-0.2, 0) is 4.84 Å². The molecule has 1 aromatic carbocycles. The predicted octanol–water partition coefficient (Wildman–Crippen LogP) is 1.93. The quantitative estimate of drug-likeness (QED) is 0.328. The van der Waals surface area contributed by atoms with Crippen LogP contribution < -0.4 is 5.73 Å². The van der Waals surface area contributed by atoms with Crippen LogP contribution in [0.2, 0.25) is 0 Å². The molecule has 0 spiro atoms. The van der Waals surface area contributed by atoms with Gasteiger partial charge in [-0.25, -0.2) is 0 Å². The summed E-state index contributed by atoms with van der Waals surface area (Å²) in [5, 5.41) is 3.81. The van der Waals surface area contributed by atoms with Crippen molar-refractivity contribution in [3.05, 3.63) is 23.8 Å². The number of anilines is 1. The van der Waals surface area contributed by atoms with Gasteiger partial charge >= 0.3 is 0 Å². The summed E-state index contributed by atoms with van der Waals surface area (Å²) in [5.74, 6) is 0. The molecule has 0 aliphatic carbocycles. The highest BCUT2D eigenvalue weighted by molar-refractivity contribution is 7.80. The van der Waals surface area contributed by atoms with E-state index in [9.17, 15) is 0 Å². The lowest BCUT2D eigenvalue weighted by molar-refractivity contribution is 0.213. The first-order valence-corrected chi connectivity index (χ1v) is 4.27. The molecule has 2 N–H and O–H groups in total. The van der Waals surface area contributed by atoms with E-state index in [1.54, 1.807) is 6.07 Å². The van der Waals surface area contributed by atoms with Gasteiger partial charge in [0.1, 0.15) is 7.11 Å². The number of hydrogen-bond acceptors (Lipinski definition) is 4. The molecular formula is C9H12N2OS. The molecule has 0 amide bonds. The second-order valence-electron chi connectivity index (χ2n) is 2.60. The van der Waals surface area contributed by atoms with Gasteiger partial charge in [0.15, 0.2) is 0 Å². The molecule has 0 atom stereocenters. The van der Waals surface area contributed by atoms with Crippen molar-refractivity contribution in [1.29, 1.82) is 0 Å². The highest BCUT2D eigenvalue weighted by atomic mass is 32.1. The van der Waals surface area contributed by atoms with Gasteiger partial charge in [-0.2, -0.15) is 0 Å². The molecule has 0 radical (unpaired) electrons. The Hall–Kier alpha value is -1.16. The smallest absolute Gasteiger partial charge is 0.106 e. The first-order valence-electron chi connectivity index (χ1n) is 3.82. The molecule has 3 nitrogen and oxygen atoms in total. The van der Waals surface area contributed by atoms with Gasteiger partial charge in [-0.05, 0) is 13.0 Å². The maximum Gasteiger partial charge on any atom is 0.106 e. The van der Waals surface area contributed by atoms with Gasteiger partial charge in [-0.15, -0.1) is 12.6 Å². The summed E-state index contributed by atoms with van der Waals surface area (Å²) < 4.78 is 0. The molecule has 0 saturated heterocycles. The minimum Gasteiger partial charge on any atom is -0.399 e. The lowest BCUT2D eigenvalue weighted by Gasteiger charge is -2.05. The van der Waals surface area contributed by atoms with E-state index >= 15 is 0 Å². The summed E-state index contributed by atoms with van der Waals surface area (Å²) in [7, 11) is 1.51. The molecular weight excluding hydrogens is 184 g/mol. The molecule has 0 bridgehead atoms. The minimum atomic E-state index is 0.645. The van der Waals surface area contributed by atoms with Crippen LogP contribution in [0.4, 0.5) is 5.69 Å². The van der Waals surface area contributed by atoms with Gasteiger partial charge in [-0.3, -0.25) is 0 Å². The molecule has 70 valence electrons. The Morgan fingerprint density at radius 1 is 1.54 bits per heavy atom. The molecule has 0 fully saturated rings. The van der Waals surface area contributed by atoms with Crippen LogP contribution >= 0.6 is 12.6 Å². The van der Waals surface area contributed by atoms with Crippen LogP contribution in [0.5, 0.6) is 0 Å². The fraction of sp³-hybridized carbons (Fsp3) is 0.222. The van der Waals surface area contributed by atoms with E-state index in [1.807, 2.05) is 19.1 Å². The standard InChI is InChI=1S/C9H12N2OS/c1-6(11-12-2)7-4-3-5-8(10)9(7)13/h3-5,13H,10H2,1-2H3/b11-6-. The van der Waals surface area contributed by atoms with Crippen molar-refractivity contribution < 1.29 is 4.84 Å². The van der Waals surface area contributed by atoms with Gasteiger partial charge in [0.25, 0.3) is 0 Å². The summed E-state index contributed by atoms with van der Waals surface area (Å²) >= 11 is 4.28. The molecule has 1 aromatic rings. The fourth-order valence-corrected chi connectivity index (χ4v) is 1.35. The van der Waals surface area contributed by atoms with Crippen LogP contribution in [0.3, 0.4) is 0 Å². The van der Waals surface area contributed by atoms with Gasteiger partial charge < -0.3 is 10.6 Å². The summed E-state index contributed by atoms with van der Waals surface area (Å²) in [5.41, 5.74) is 7.98. The van der Waals surface area contributed by atoms with Crippen LogP contribution in [0.25, 0.3) is 0 Å². The van der Waals surface area contributed by atoms with E-state index in [0.29, 0.717) is 5.69 Å². The average molecular weight is 196 g/mol. The van der Waals surface area contributed by atoms with E-state index in [2.05, 4.69) is 22.6 Å². The number of nitrogens with two attached hydrogens (primary N) is 1. The number of oxime groups is 1. The number of hydrogen-bond donors (Lipinski definition) is 2. The largest absolute Gasteiger partial charge is 0.399 e. The van der Waals surface area contributed by atoms with Crippen molar-refractivity contribution in [2.75, 3.05) is 12.8 Å². The van der Waals surface area contributed by atoms with Crippen LogP contribution in [0.1, 0.15) is 12.5 Å². The predicted molar refractivity (Wildman–Crippen MR) is 57.3 cm³/mol. The minimum absolute atomic E-state index is 0.645. The molecule has 0 saturated carbocycles. The number of nitrogen functional groups attached to an aromatic ring is 1. The maximum atomic E-state index is 5.68. The number of benzene rings is 1. The fourth-order valence-electron chi connectivity index (χ4n) is 1.04. The van der Waals surface area contributed by atoms with Crippen molar-refractivity contribution in [1.82, 2.24) is 0 Å². The highest BCUT2D eigenvalue weighted by Crippen LogP contribution is 2.21. The van der Waals surface area contributed by atoms with Crippen molar-refractivity contribution in [2.45, 2.75) is 11.8 Å². The molecule has 0 aliphatic rings. The summed E-state index contributed by atoms with van der Waals surface area (Å²) in [6, 6.07) is 5.56. The third kappa shape index (κ3) is 2.15. The second-order valence-corrected chi connectivity index (χ2v) is 3.05. The van der Waals surface area contributed by atoms with Crippen LogP contribution in [0, 0.1) is 0 Å². The third-order valence-electron chi connectivity index (χ3n) is 1.69. The maximum absolute atomic E-state index is 5.68. The monoisotopic (exact) mass is 196 g/mol. The molecule has 0 aromatic heterocycles. The normalized spacial score (nSPS) is 11.5. The van der Waals surface area contributed by atoms with Crippen molar-refractivity contribution in [2.24, 2.45) is 5.16 Å². The zero-order valence-corrected chi connectivity index (χ0v) is 8.51. The molecule has 13 heavy (non-hydrogen) atoms. The first kappa shape index (κ1) is 9.92. The van der Waals surface area contributed by atoms with E-state index in [0.717, 1.165) is 16.2 Å². The Morgan fingerprint density at radius 3 is 2.85 bits per heavy atom. The number of thiol groups is 1. The Balaban J connectivity index is 3.15. The van der Waals surface area contributed by atoms with Crippen molar-refractivity contribution >= 4 is 24.0 Å². The van der Waals surface area contributed by atoms with E-state index in [4.69, 9.17) is 5.73 Å². The number of rotatable bonds is 2. The molecule has 0 unspecified atom stereocenters. The van der Waals surface area contributed by atoms with Gasteiger partial charge in [-0.1, -0.05) is 17.3 Å². The SMILES string of the molecule is CO/N=C(/C)c1cccc(N)c1S. The third-order valence-corrected chi connectivity index (χ3v) is 2.18. The van der Waals surface area contributed by atoms with Crippen molar-refractivity contribution in [3.63, 3.8) is 0 Å². The zero-order chi connectivity index (χ0) is 9.84. The Labute approximate surface area is 83.0 Å². The van der Waals surface area contributed by atoms with Crippen LogP contribution in [-0.4, -0.2) is 12.8 Å². The van der Waals surface area contributed by atoms with Gasteiger partial charge in [0, 0.05) is 16.1 Å². The highest BCUT2D eigenvalue weighted by Gasteiger charge is 2.04. The van der Waals surface area contributed by atoms with Gasteiger partial charge in [0.2, 0.25) is 0 Å². The molecule has 1 rings (SSSR count). The van der Waals surface area contributed by atoms with E-state index in [1.165, 1.54) is 7.11 Å². The lowest BCUT2D eigenvalue weighted by Crippen LogP contribution is -1.99.